The summed E-state index contributed by atoms with van der Waals surface area (Å²) in [6, 6.07) is 0. The topological polar surface area (TPSA) is 35.1 Å². The van der Waals surface area contributed by atoms with E-state index in [2.05, 4.69) is 55.7 Å². The molecule has 0 spiro atoms. The molecule has 1 heterocycles. The van der Waals surface area contributed by atoms with Crippen molar-refractivity contribution in [1.29, 1.82) is 0 Å². The minimum atomic E-state index is 0. The van der Waals surface area contributed by atoms with E-state index < -0.39 is 0 Å². The van der Waals surface area contributed by atoms with Gasteiger partial charge in [0.15, 0.2) is 0 Å². The molecule has 5 heteroatoms. The van der Waals surface area contributed by atoms with Crippen LogP contribution in [-0.4, -0.2) is 16.6 Å². The summed E-state index contributed by atoms with van der Waals surface area (Å²) in [5.74, 6) is 0.932. The highest BCUT2D eigenvalue weighted by Crippen LogP contribution is 2.26. The van der Waals surface area contributed by atoms with E-state index in [1.807, 2.05) is 0 Å². The second-order valence-electron chi connectivity index (χ2n) is 21.5. The van der Waals surface area contributed by atoms with E-state index in [0.717, 1.165) is 38.1 Å². The molecule has 0 saturated heterocycles. The number of aryl methyl sites for hydroxylation is 2. The lowest BCUT2D eigenvalue weighted by Gasteiger charge is -2.20. The molecule has 4 nitrogen and oxygen atoms in total. The molecule has 1 rings (SSSR count). The molecule has 392 valence electrons. The summed E-state index contributed by atoms with van der Waals surface area (Å²) in [6.07, 6.45) is 74.8. The van der Waals surface area contributed by atoms with Crippen molar-refractivity contribution in [2.45, 2.75) is 354 Å². The predicted molar refractivity (Wildman–Crippen MR) is 287 cm³/mol. The second-order valence-corrected chi connectivity index (χ2v) is 21.5. The number of unbranched alkanes of at least 4 members (excludes halogenated alkanes) is 39. The molecule has 0 aromatic carbocycles. The summed E-state index contributed by atoms with van der Waals surface area (Å²) in [7, 11) is 2.06. The van der Waals surface area contributed by atoms with Gasteiger partial charge in [0.25, 0.3) is 0 Å². The quantitative estimate of drug-likeness (QED) is 0.0370. The Hall–Kier alpha value is -0.840. The van der Waals surface area contributed by atoms with Crippen molar-refractivity contribution in [2.24, 2.45) is 13.0 Å². The van der Waals surface area contributed by atoms with Crippen LogP contribution in [0.25, 0.3) is 0 Å². The van der Waals surface area contributed by atoms with E-state index in [4.69, 9.17) is 4.74 Å². The number of imidazole rings is 1. The first-order chi connectivity index (χ1) is 32.1. The molecule has 0 amide bonds. The zero-order chi connectivity index (χ0) is 46.8. The van der Waals surface area contributed by atoms with Crippen LogP contribution in [0.15, 0.2) is 18.7 Å². The van der Waals surface area contributed by atoms with E-state index in [9.17, 15) is 4.79 Å². The van der Waals surface area contributed by atoms with Crippen LogP contribution in [0.3, 0.4) is 0 Å². The highest BCUT2D eigenvalue weighted by atomic mass is 79.9. The monoisotopic (exact) mass is 991 g/mol. The van der Waals surface area contributed by atoms with E-state index >= 15 is 0 Å². The molecule has 0 aliphatic heterocycles. The molecular weight excluding hydrogens is 873 g/mol. The highest BCUT2D eigenvalue weighted by Gasteiger charge is 2.16. The molecule has 1 aromatic heterocycles. The number of carbonyl (C=O) groups is 1. The average Bonchev–Trinajstić information content (AvgIpc) is 3.73. The van der Waals surface area contributed by atoms with E-state index in [-0.39, 0.29) is 29.1 Å². The van der Waals surface area contributed by atoms with Crippen LogP contribution in [-0.2, 0) is 23.1 Å². The highest BCUT2D eigenvalue weighted by molar-refractivity contribution is 5.69. The molecule has 66 heavy (non-hydrogen) atoms. The van der Waals surface area contributed by atoms with Crippen LogP contribution >= 0.6 is 0 Å². The first-order valence-electron chi connectivity index (χ1n) is 30.3. The SMILES string of the molecule is CCCCCCCCCCCCCCCCCCC(CCCCCCCCCCCCCCCCCC)CCCCC(CCCCCCCCCC)OC(=O)CCCCn1cc[n+](C)c1.[Br-]. The fourth-order valence-electron chi connectivity index (χ4n) is 10.4. The third kappa shape index (κ3) is 46.9. The third-order valence-electron chi connectivity index (χ3n) is 14.9. The molecule has 0 bridgehead atoms. The fourth-order valence-corrected chi connectivity index (χ4v) is 10.4. The van der Waals surface area contributed by atoms with Crippen molar-refractivity contribution in [3.63, 3.8) is 0 Å². The number of hydrogen-bond donors (Lipinski definition) is 0. The van der Waals surface area contributed by atoms with Gasteiger partial charge in [-0.3, -0.25) is 4.79 Å². The standard InChI is InChI=1S/C61H119N2O2.BrH/c1-5-8-11-14-17-20-22-24-26-28-30-32-34-36-39-42-49-59(50-43-40-37-35-33-31-29-27-25-23-21-18-15-12-9-6-2)51-45-46-53-60(52-44-41-38-19-16-13-10-7-3)65-61(64)54-47-48-55-63-57-56-62(4)58-63;/h56-60H,5-55H2,1-4H3;1H/q+1;/p-1. The van der Waals surface area contributed by atoms with Crippen LogP contribution in [0.5, 0.6) is 0 Å². The number of carbonyl (C=O) groups excluding carboxylic acids is 1. The smallest absolute Gasteiger partial charge is 0.306 e. The third-order valence-corrected chi connectivity index (χ3v) is 14.9. The Kier molecular flexibility index (Phi) is 52.8. The lowest BCUT2D eigenvalue weighted by atomic mass is 9.89. The molecule has 0 fully saturated rings. The van der Waals surface area contributed by atoms with Gasteiger partial charge in [-0.05, 0) is 44.4 Å². The Morgan fingerprint density at radius 2 is 0.697 bits per heavy atom. The van der Waals surface area contributed by atoms with Gasteiger partial charge in [-0.1, -0.05) is 297 Å². The molecule has 1 atom stereocenters. The average molecular weight is 993 g/mol. The van der Waals surface area contributed by atoms with E-state index in [1.165, 1.54) is 289 Å². The molecule has 0 aliphatic rings. The van der Waals surface area contributed by atoms with E-state index in [1.54, 1.807) is 0 Å². The summed E-state index contributed by atoms with van der Waals surface area (Å²) >= 11 is 0. The lowest BCUT2D eigenvalue weighted by molar-refractivity contribution is -0.671. The second kappa shape index (κ2) is 53.5. The largest absolute Gasteiger partial charge is 1.00 e. The maximum Gasteiger partial charge on any atom is 0.306 e. The number of nitrogens with zero attached hydrogens (tertiary/aromatic N) is 2. The number of esters is 1. The Morgan fingerprint density at radius 3 is 1.02 bits per heavy atom. The first kappa shape index (κ1) is 65.2. The Bertz CT molecular complexity index is 1040. The fraction of sp³-hybridized carbons (Fsp3) is 0.934. The maximum atomic E-state index is 13.1. The van der Waals surface area contributed by atoms with Gasteiger partial charge in [0, 0.05) is 6.42 Å². The van der Waals surface area contributed by atoms with Crippen LogP contribution < -0.4 is 21.5 Å². The molecule has 0 radical (unpaired) electrons. The maximum absolute atomic E-state index is 13.1. The number of hydrogen-bond acceptors (Lipinski definition) is 2. The van der Waals surface area contributed by atoms with E-state index in [0.29, 0.717) is 6.42 Å². The van der Waals surface area contributed by atoms with Gasteiger partial charge >= 0.3 is 5.97 Å². The summed E-state index contributed by atoms with van der Waals surface area (Å²) in [6.45, 7) is 7.90. The molecule has 1 aromatic rings. The summed E-state index contributed by atoms with van der Waals surface area (Å²) in [5.41, 5.74) is 0. The number of rotatable bonds is 54. The van der Waals surface area contributed by atoms with Gasteiger partial charge in [-0.2, -0.15) is 0 Å². The Labute approximate surface area is 425 Å². The van der Waals surface area contributed by atoms with Gasteiger partial charge in [0.05, 0.1) is 13.6 Å². The van der Waals surface area contributed by atoms with Crippen LogP contribution in [0.4, 0.5) is 0 Å². The van der Waals surface area contributed by atoms with Gasteiger partial charge in [-0.25, -0.2) is 9.13 Å². The first-order valence-corrected chi connectivity index (χ1v) is 30.3. The number of ether oxygens (including phenoxy) is 1. The summed E-state index contributed by atoms with van der Waals surface area (Å²) < 4.78 is 10.5. The van der Waals surface area contributed by atoms with Crippen molar-refractivity contribution < 1.29 is 31.1 Å². The molecule has 0 N–H and O–H groups in total. The van der Waals surface area contributed by atoms with Gasteiger partial charge < -0.3 is 21.7 Å². The van der Waals surface area contributed by atoms with Crippen LogP contribution in [0.2, 0.25) is 0 Å². The van der Waals surface area contributed by atoms with Crippen molar-refractivity contribution in [3.8, 4) is 0 Å². The predicted octanol–water partition coefficient (Wildman–Crippen LogP) is 17.4. The van der Waals surface area contributed by atoms with Crippen molar-refractivity contribution in [3.05, 3.63) is 18.7 Å². The number of halogens is 1. The minimum absolute atomic E-state index is 0. The summed E-state index contributed by atoms with van der Waals surface area (Å²) in [4.78, 5) is 13.1. The molecular formula is C61H119BrN2O2. The molecule has 0 saturated carbocycles. The molecule has 1 unspecified atom stereocenters. The van der Waals surface area contributed by atoms with Gasteiger partial charge in [0.1, 0.15) is 18.5 Å². The zero-order valence-electron chi connectivity index (χ0n) is 45.5. The van der Waals surface area contributed by atoms with Crippen molar-refractivity contribution >= 4 is 5.97 Å². The Balaban J connectivity index is 0.0000422. The normalized spacial score (nSPS) is 12.0. The van der Waals surface area contributed by atoms with Gasteiger partial charge in [-0.15, -0.1) is 0 Å². The number of aromatic nitrogens is 2. The van der Waals surface area contributed by atoms with Crippen LogP contribution in [0.1, 0.15) is 342 Å². The minimum Gasteiger partial charge on any atom is -1.00 e. The van der Waals surface area contributed by atoms with Crippen molar-refractivity contribution in [1.82, 2.24) is 4.57 Å². The lowest BCUT2D eigenvalue weighted by Crippen LogP contribution is -3.00. The Morgan fingerprint density at radius 1 is 0.409 bits per heavy atom. The zero-order valence-corrected chi connectivity index (χ0v) is 47.1. The molecule has 0 aliphatic carbocycles. The van der Waals surface area contributed by atoms with Gasteiger partial charge in [0.2, 0.25) is 6.33 Å². The summed E-state index contributed by atoms with van der Waals surface area (Å²) in [5, 5.41) is 0. The van der Waals surface area contributed by atoms with Crippen LogP contribution in [0, 0.1) is 5.92 Å². The van der Waals surface area contributed by atoms with Crippen molar-refractivity contribution in [2.75, 3.05) is 0 Å².